The molecule has 2 N–H and O–H groups in total. The lowest BCUT2D eigenvalue weighted by atomic mass is 10.0. The smallest absolute Gasteiger partial charge is 0.395 e. The largest absolute Gasteiger partial charge is 0.586 e. The minimum atomic E-state index is -3.58. The van der Waals surface area contributed by atoms with E-state index in [-0.39, 0.29) is 17.5 Å². The fourth-order valence-electron chi connectivity index (χ4n) is 1.51. The van der Waals surface area contributed by atoms with Gasteiger partial charge >= 0.3 is 6.29 Å². The number of halogens is 2. The Kier molecular flexibility index (Phi) is 2.55. The molecule has 86 valence electrons. The Hall–Kier alpha value is -1.62. The Morgan fingerprint density at radius 3 is 2.75 bits per heavy atom. The van der Waals surface area contributed by atoms with Crippen molar-refractivity contribution in [3.63, 3.8) is 0 Å². The van der Waals surface area contributed by atoms with Crippen LogP contribution in [0, 0.1) is 0 Å². The van der Waals surface area contributed by atoms with Crippen LogP contribution in [0.3, 0.4) is 0 Å². The first kappa shape index (κ1) is 10.9. The lowest BCUT2D eigenvalue weighted by Gasteiger charge is -2.09. The zero-order valence-corrected chi connectivity index (χ0v) is 8.45. The van der Waals surface area contributed by atoms with Gasteiger partial charge in [0.15, 0.2) is 11.5 Å². The number of alkyl halides is 2. The molecule has 1 heterocycles. The lowest BCUT2D eigenvalue weighted by Crippen LogP contribution is -2.25. The Bertz CT molecular complexity index is 420. The van der Waals surface area contributed by atoms with Gasteiger partial charge in [-0.25, -0.2) is 0 Å². The van der Waals surface area contributed by atoms with Crippen LogP contribution in [0.5, 0.6) is 11.5 Å². The van der Waals surface area contributed by atoms with Crippen molar-refractivity contribution in [1.29, 1.82) is 0 Å². The molecule has 0 bridgehead atoms. The van der Waals surface area contributed by atoms with E-state index in [0.717, 1.165) is 0 Å². The second-order valence-electron chi connectivity index (χ2n) is 3.50. The van der Waals surface area contributed by atoms with Gasteiger partial charge in [-0.05, 0) is 24.1 Å². The molecule has 16 heavy (non-hydrogen) atoms. The standard InChI is InChI=1S/C11H11F2NO2/c1-2-3-8(14)7-4-5-9-10(6-7)16-11(12,13)15-9/h2,4-6,8H,1,3,14H2/t8-/m0/s1. The predicted octanol–water partition coefficient (Wildman–Crippen LogP) is 2.58. The molecular formula is C11H11F2NO2. The molecule has 0 unspecified atom stereocenters. The number of hydrogen-bond donors (Lipinski definition) is 1. The summed E-state index contributed by atoms with van der Waals surface area (Å²) < 4.78 is 34.1. The maximum Gasteiger partial charge on any atom is 0.586 e. The summed E-state index contributed by atoms with van der Waals surface area (Å²) in [4.78, 5) is 0. The number of nitrogens with two attached hydrogens (primary N) is 1. The van der Waals surface area contributed by atoms with Crippen molar-refractivity contribution in [3.05, 3.63) is 36.4 Å². The normalized spacial score (nSPS) is 18.2. The van der Waals surface area contributed by atoms with Gasteiger partial charge in [0.2, 0.25) is 0 Å². The van der Waals surface area contributed by atoms with Gasteiger partial charge in [0.25, 0.3) is 0 Å². The molecule has 1 aliphatic heterocycles. The van der Waals surface area contributed by atoms with E-state index >= 15 is 0 Å². The quantitative estimate of drug-likeness (QED) is 0.807. The van der Waals surface area contributed by atoms with Gasteiger partial charge in [-0.1, -0.05) is 12.1 Å². The molecule has 0 radical (unpaired) electrons. The first-order valence-corrected chi connectivity index (χ1v) is 4.78. The number of ether oxygens (including phenoxy) is 2. The maximum atomic E-state index is 12.7. The molecule has 0 saturated carbocycles. The summed E-state index contributed by atoms with van der Waals surface area (Å²) in [7, 11) is 0. The van der Waals surface area contributed by atoms with E-state index in [1.54, 1.807) is 12.1 Å². The molecule has 3 nitrogen and oxygen atoms in total. The van der Waals surface area contributed by atoms with Crippen LogP contribution >= 0.6 is 0 Å². The first-order valence-electron chi connectivity index (χ1n) is 4.78. The highest BCUT2D eigenvalue weighted by atomic mass is 19.3. The summed E-state index contributed by atoms with van der Waals surface area (Å²) in [5, 5.41) is 0. The van der Waals surface area contributed by atoms with Crippen LogP contribution < -0.4 is 15.2 Å². The van der Waals surface area contributed by atoms with Gasteiger partial charge in [-0.2, -0.15) is 0 Å². The summed E-state index contributed by atoms with van der Waals surface area (Å²) >= 11 is 0. The van der Waals surface area contributed by atoms with Crippen molar-refractivity contribution in [3.8, 4) is 11.5 Å². The molecule has 2 rings (SSSR count). The van der Waals surface area contributed by atoms with Crippen LogP contribution in [-0.4, -0.2) is 6.29 Å². The van der Waals surface area contributed by atoms with Gasteiger partial charge in [-0.3, -0.25) is 0 Å². The third kappa shape index (κ3) is 1.99. The zero-order chi connectivity index (χ0) is 11.8. The van der Waals surface area contributed by atoms with E-state index < -0.39 is 6.29 Å². The van der Waals surface area contributed by atoms with E-state index in [9.17, 15) is 8.78 Å². The number of hydrogen-bond acceptors (Lipinski definition) is 3. The Morgan fingerprint density at radius 1 is 1.38 bits per heavy atom. The van der Waals surface area contributed by atoms with Crippen LogP contribution in [0.2, 0.25) is 0 Å². The minimum absolute atomic E-state index is 0.0158. The van der Waals surface area contributed by atoms with E-state index in [0.29, 0.717) is 12.0 Å². The van der Waals surface area contributed by atoms with E-state index in [2.05, 4.69) is 16.1 Å². The summed E-state index contributed by atoms with van der Waals surface area (Å²) in [6.45, 7) is 3.57. The zero-order valence-electron chi connectivity index (χ0n) is 8.45. The molecule has 0 spiro atoms. The van der Waals surface area contributed by atoms with Gasteiger partial charge in [0.05, 0.1) is 0 Å². The Labute approximate surface area is 91.5 Å². The topological polar surface area (TPSA) is 44.5 Å². The average molecular weight is 227 g/mol. The van der Waals surface area contributed by atoms with Crippen LogP contribution in [0.1, 0.15) is 18.0 Å². The molecule has 5 heteroatoms. The monoisotopic (exact) mass is 227 g/mol. The van der Waals surface area contributed by atoms with Crippen molar-refractivity contribution in [2.24, 2.45) is 5.73 Å². The van der Waals surface area contributed by atoms with Crippen molar-refractivity contribution in [1.82, 2.24) is 0 Å². The molecule has 0 saturated heterocycles. The van der Waals surface area contributed by atoms with Gasteiger partial charge in [-0.15, -0.1) is 15.4 Å². The molecule has 0 aromatic heterocycles. The van der Waals surface area contributed by atoms with Gasteiger partial charge < -0.3 is 15.2 Å². The number of rotatable bonds is 3. The summed E-state index contributed by atoms with van der Waals surface area (Å²) in [6, 6.07) is 4.25. The van der Waals surface area contributed by atoms with Gasteiger partial charge in [0.1, 0.15) is 0 Å². The predicted molar refractivity (Wildman–Crippen MR) is 54.4 cm³/mol. The highest BCUT2D eigenvalue weighted by molar-refractivity contribution is 5.46. The molecule has 1 aromatic rings. The van der Waals surface area contributed by atoms with Crippen molar-refractivity contribution >= 4 is 0 Å². The molecule has 0 aliphatic carbocycles. The highest BCUT2D eigenvalue weighted by Crippen LogP contribution is 2.41. The summed E-state index contributed by atoms with van der Waals surface area (Å²) in [5.74, 6) is 0.0431. The summed E-state index contributed by atoms with van der Waals surface area (Å²) in [6.07, 6.45) is -1.34. The number of fused-ring (bicyclic) bond motifs is 1. The van der Waals surface area contributed by atoms with Crippen LogP contribution in [0.25, 0.3) is 0 Å². The van der Waals surface area contributed by atoms with Crippen LogP contribution in [0.15, 0.2) is 30.9 Å². The second kappa shape index (κ2) is 3.75. The molecule has 1 aromatic carbocycles. The van der Waals surface area contributed by atoms with Crippen molar-refractivity contribution < 1.29 is 18.3 Å². The summed E-state index contributed by atoms with van der Waals surface area (Å²) in [5.41, 5.74) is 6.52. The molecule has 1 aliphatic rings. The lowest BCUT2D eigenvalue weighted by molar-refractivity contribution is -0.286. The average Bonchev–Trinajstić information content (AvgIpc) is 2.50. The third-order valence-corrected chi connectivity index (χ3v) is 2.27. The third-order valence-electron chi connectivity index (χ3n) is 2.27. The first-order chi connectivity index (χ1) is 7.52. The fraction of sp³-hybridized carbons (Fsp3) is 0.273. The molecular weight excluding hydrogens is 216 g/mol. The van der Waals surface area contributed by atoms with E-state index in [1.807, 2.05) is 0 Å². The molecule has 0 amide bonds. The minimum Gasteiger partial charge on any atom is -0.395 e. The van der Waals surface area contributed by atoms with Crippen molar-refractivity contribution in [2.45, 2.75) is 18.8 Å². The number of benzene rings is 1. The van der Waals surface area contributed by atoms with E-state index in [4.69, 9.17) is 5.73 Å². The van der Waals surface area contributed by atoms with Crippen LogP contribution in [0.4, 0.5) is 8.78 Å². The van der Waals surface area contributed by atoms with Gasteiger partial charge in [0, 0.05) is 6.04 Å². The Balaban J connectivity index is 2.25. The molecule has 1 atom stereocenters. The van der Waals surface area contributed by atoms with Crippen LogP contribution in [-0.2, 0) is 0 Å². The SMILES string of the molecule is C=CC[C@H](N)c1ccc2c(c1)OC(F)(F)O2. The second-order valence-corrected chi connectivity index (χ2v) is 3.50. The van der Waals surface area contributed by atoms with E-state index in [1.165, 1.54) is 12.1 Å². The fourth-order valence-corrected chi connectivity index (χ4v) is 1.51. The molecule has 0 fully saturated rings. The highest BCUT2D eigenvalue weighted by Gasteiger charge is 2.43. The maximum absolute atomic E-state index is 12.7. The Morgan fingerprint density at radius 2 is 2.06 bits per heavy atom. The van der Waals surface area contributed by atoms with Crippen molar-refractivity contribution in [2.75, 3.05) is 0 Å².